The van der Waals surface area contributed by atoms with Crippen LogP contribution in [0.5, 0.6) is 0 Å². The van der Waals surface area contributed by atoms with E-state index in [0.717, 1.165) is 25.7 Å². The zero-order valence-electron chi connectivity index (χ0n) is 30.7. The second-order valence-electron chi connectivity index (χ2n) is 16.4. The molecule has 0 aliphatic heterocycles. The van der Waals surface area contributed by atoms with Crippen molar-refractivity contribution in [2.24, 2.45) is 40.4 Å². The van der Waals surface area contributed by atoms with Crippen molar-refractivity contribution in [3.05, 3.63) is 12.2 Å². The lowest BCUT2D eigenvalue weighted by molar-refractivity contribution is -0.159. The molecule has 0 aromatic heterocycles. The molecule has 0 bridgehead atoms. The van der Waals surface area contributed by atoms with Gasteiger partial charge in [0.15, 0.2) is 0 Å². The number of alkyl carbamates (subject to hydrolysis) is 2. The molecule has 4 rings (SSSR count). The van der Waals surface area contributed by atoms with Crippen LogP contribution in [0.3, 0.4) is 0 Å². The van der Waals surface area contributed by atoms with Gasteiger partial charge in [-0.2, -0.15) is 0 Å². The normalized spacial score (nSPS) is 28.5. The maximum atomic E-state index is 12.3. The second kappa shape index (κ2) is 17.9. The van der Waals surface area contributed by atoms with Gasteiger partial charge in [-0.15, -0.1) is 0 Å². The molecule has 0 heterocycles. The third-order valence-corrected chi connectivity index (χ3v) is 11.1. The molecule has 2 amide bonds. The maximum absolute atomic E-state index is 12.3. The van der Waals surface area contributed by atoms with Gasteiger partial charge in [0.1, 0.15) is 6.61 Å². The highest BCUT2D eigenvalue weighted by Gasteiger charge is 2.60. The first-order chi connectivity index (χ1) is 23.3. The summed E-state index contributed by atoms with van der Waals surface area (Å²) in [5, 5.41) is 5.30. The number of fused-ring (bicyclic) bond motifs is 2. The molecular formula is C38H62N2O9. The minimum Gasteiger partial charge on any atom is -0.465 e. The van der Waals surface area contributed by atoms with Crippen LogP contribution in [0.2, 0.25) is 0 Å². The van der Waals surface area contributed by atoms with E-state index in [1.807, 2.05) is 27.7 Å². The number of ether oxygens (including phenoxy) is 5. The Morgan fingerprint density at radius 2 is 1.29 bits per heavy atom. The highest BCUT2D eigenvalue weighted by Crippen LogP contribution is 2.64. The van der Waals surface area contributed by atoms with Gasteiger partial charge in [-0.3, -0.25) is 9.59 Å². The van der Waals surface area contributed by atoms with Crippen LogP contribution in [-0.2, 0) is 33.3 Å². The molecule has 278 valence electrons. The number of carbonyl (C=O) groups excluding carboxylic acids is 4. The zero-order valence-corrected chi connectivity index (χ0v) is 30.7. The second-order valence-corrected chi connectivity index (χ2v) is 16.4. The van der Waals surface area contributed by atoms with Crippen molar-refractivity contribution in [2.45, 2.75) is 117 Å². The van der Waals surface area contributed by atoms with E-state index in [1.54, 1.807) is 0 Å². The third kappa shape index (κ3) is 12.8. The molecule has 4 aliphatic carbocycles. The highest BCUT2D eigenvalue weighted by atomic mass is 16.6. The molecule has 0 aromatic rings. The van der Waals surface area contributed by atoms with Crippen LogP contribution >= 0.6 is 0 Å². The van der Waals surface area contributed by atoms with Crippen LogP contribution in [0.1, 0.15) is 112 Å². The smallest absolute Gasteiger partial charge is 0.407 e. The number of esters is 2. The van der Waals surface area contributed by atoms with E-state index < -0.39 is 35.1 Å². The summed E-state index contributed by atoms with van der Waals surface area (Å²) < 4.78 is 27.8. The van der Waals surface area contributed by atoms with Crippen molar-refractivity contribution < 1.29 is 42.9 Å². The molecule has 0 aromatic carbocycles. The van der Waals surface area contributed by atoms with Crippen LogP contribution in [-0.4, -0.2) is 75.9 Å². The number of hydrogen-bond acceptors (Lipinski definition) is 9. The average molecular weight is 691 g/mol. The summed E-state index contributed by atoms with van der Waals surface area (Å²) in [5.41, 5.74) is -1.00. The van der Waals surface area contributed by atoms with Gasteiger partial charge in [0.05, 0.1) is 44.9 Å². The Bertz CT molecular complexity index is 1140. The van der Waals surface area contributed by atoms with E-state index in [2.05, 4.69) is 29.7 Å². The van der Waals surface area contributed by atoms with Crippen molar-refractivity contribution in [1.29, 1.82) is 0 Å². The Balaban J connectivity index is 0.994. The van der Waals surface area contributed by atoms with Crippen molar-refractivity contribution in [3.63, 3.8) is 0 Å². The monoisotopic (exact) mass is 690 g/mol. The summed E-state index contributed by atoms with van der Waals surface area (Å²) in [6.45, 7) is 11.4. The first-order valence-electron chi connectivity index (χ1n) is 18.7. The maximum Gasteiger partial charge on any atom is 0.407 e. The van der Waals surface area contributed by atoms with Crippen molar-refractivity contribution in [3.8, 4) is 0 Å². The largest absolute Gasteiger partial charge is 0.465 e. The van der Waals surface area contributed by atoms with E-state index in [-0.39, 0.29) is 51.2 Å². The zero-order chi connectivity index (χ0) is 35.5. The van der Waals surface area contributed by atoms with Gasteiger partial charge in [0, 0.05) is 24.4 Å². The summed E-state index contributed by atoms with van der Waals surface area (Å²) in [6.07, 6.45) is 15.7. The molecule has 49 heavy (non-hydrogen) atoms. The van der Waals surface area contributed by atoms with Crippen molar-refractivity contribution in [2.75, 3.05) is 46.1 Å². The summed E-state index contributed by atoms with van der Waals surface area (Å²) in [5.74, 6) is 2.06. The molecule has 11 nitrogen and oxygen atoms in total. The van der Waals surface area contributed by atoms with Crippen LogP contribution in [0.15, 0.2) is 12.2 Å². The predicted molar refractivity (Wildman–Crippen MR) is 185 cm³/mol. The molecule has 11 heteroatoms. The lowest BCUT2D eigenvalue weighted by atomic mass is 9.94. The lowest BCUT2D eigenvalue weighted by Gasteiger charge is -2.31. The number of hydrogen-bond donors (Lipinski definition) is 2. The quantitative estimate of drug-likeness (QED) is 0.0967. The summed E-state index contributed by atoms with van der Waals surface area (Å²) >= 11 is 0. The number of amides is 2. The minimum absolute atomic E-state index is 0.0239. The van der Waals surface area contributed by atoms with Gasteiger partial charge in [-0.1, -0.05) is 58.6 Å². The van der Waals surface area contributed by atoms with E-state index >= 15 is 0 Å². The molecule has 3 saturated carbocycles. The first-order valence-corrected chi connectivity index (χ1v) is 18.7. The summed E-state index contributed by atoms with van der Waals surface area (Å²) in [4.78, 5) is 48.9. The molecule has 0 saturated heterocycles. The highest BCUT2D eigenvalue weighted by molar-refractivity contribution is 5.72. The molecule has 5 atom stereocenters. The van der Waals surface area contributed by atoms with Crippen LogP contribution in [0, 0.1) is 40.4 Å². The van der Waals surface area contributed by atoms with Crippen molar-refractivity contribution >= 4 is 24.1 Å². The lowest BCUT2D eigenvalue weighted by Crippen LogP contribution is -2.38. The number of allylic oxidation sites excluding steroid dienone is 2. The first kappa shape index (κ1) is 39.0. The molecule has 3 fully saturated rings. The molecule has 4 aliphatic rings. The van der Waals surface area contributed by atoms with E-state index in [1.165, 1.54) is 38.5 Å². The number of nitrogens with one attached hydrogen (secondary N) is 2. The number of rotatable bonds is 17. The van der Waals surface area contributed by atoms with Gasteiger partial charge >= 0.3 is 24.1 Å². The molecule has 2 N–H and O–H groups in total. The Morgan fingerprint density at radius 1 is 0.714 bits per heavy atom. The van der Waals surface area contributed by atoms with Crippen LogP contribution in [0.25, 0.3) is 0 Å². The van der Waals surface area contributed by atoms with Crippen LogP contribution in [0.4, 0.5) is 9.59 Å². The fraction of sp³-hybridized carbons (Fsp3) is 0.842. The Kier molecular flexibility index (Phi) is 14.2. The summed E-state index contributed by atoms with van der Waals surface area (Å²) in [6, 6.07) is 0. The average Bonchev–Trinajstić information content (AvgIpc) is 3.85. The Labute approximate surface area is 293 Å². The van der Waals surface area contributed by atoms with Gasteiger partial charge in [0.25, 0.3) is 0 Å². The van der Waals surface area contributed by atoms with Gasteiger partial charge in [-0.25, -0.2) is 9.59 Å². The predicted octanol–water partition coefficient (Wildman–Crippen LogP) is 6.73. The fourth-order valence-electron chi connectivity index (χ4n) is 7.74. The Morgan fingerprint density at radius 3 is 1.92 bits per heavy atom. The van der Waals surface area contributed by atoms with Gasteiger partial charge in [-0.05, 0) is 81.5 Å². The molecule has 0 spiro atoms. The van der Waals surface area contributed by atoms with Crippen molar-refractivity contribution in [1.82, 2.24) is 10.6 Å². The van der Waals surface area contributed by atoms with Gasteiger partial charge in [0.2, 0.25) is 0 Å². The van der Waals surface area contributed by atoms with E-state index in [0.29, 0.717) is 42.8 Å². The topological polar surface area (TPSA) is 138 Å². The standard InChI is InChI=1S/C38H62N2O9/c1-36(2,24-47-32(41)17-20-39-34(43)45-22-29-27-14-10-6-7-11-15-28(27)29)25-49-37(3,4)26-48-33(42)18-21-40-35(44)46-23-31-30-16-12-8-9-13-19-38(30,31)5/h8-9,27-31H,6-7,10-26H2,1-5H3,(H,39,43)(H,40,44)/b9-8-/t27?,28?,29?,30?,31-,38?/m1/s1. The Hall–Kier alpha value is -2.82. The van der Waals surface area contributed by atoms with E-state index in [4.69, 9.17) is 23.7 Å². The van der Waals surface area contributed by atoms with Gasteiger partial charge < -0.3 is 34.3 Å². The fourth-order valence-corrected chi connectivity index (χ4v) is 7.74. The minimum atomic E-state index is -0.769. The molecular weight excluding hydrogens is 628 g/mol. The third-order valence-electron chi connectivity index (χ3n) is 11.1. The van der Waals surface area contributed by atoms with E-state index in [9.17, 15) is 19.2 Å². The summed E-state index contributed by atoms with van der Waals surface area (Å²) in [7, 11) is 0. The SMILES string of the molecule is CC(C)(COC(=O)CCNC(=O)OCC1C2CCCCCCC21)COC(C)(C)COC(=O)CCNC(=O)OC[C@@H]1C2CC/C=C\CCC21C. The number of carbonyl (C=O) groups is 4. The van der Waals surface area contributed by atoms with Crippen LogP contribution < -0.4 is 10.6 Å². The molecule has 0 radical (unpaired) electrons. The molecule has 4 unspecified atom stereocenters.